The quantitative estimate of drug-likeness (QED) is 0.844. The van der Waals surface area contributed by atoms with Crippen molar-refractivity contribution in [3.63, 3.8) is 0 Å². The third-order valence-electron chi connectivity index (χ3n) is 2.35. The van der Waals surface area contributed by atoms with Crippen molar-refractivity contribution in [3.05, 3.63) is 56.7 Å². The van der Waals surface area contributed by atoms with Gasteiger partial charge >= 0.3 is 0 Å². The Bertz CT molecular complexity index is 464. The number of aliphatic hydroxyl groups is 1. The highest BCUT2D eigenvalue weighted by atomic mass is 35.5. The first kappa shape index (κ1) is 10.7. The number of thiophene rings is 1. The van der Waals surface area contributed by atoms with Crippen LogP contribution in [0.15, 0.2) is 35.7 Å². The minimum absolute atomic E-state index is 0.609. The smallest absolute Gasteiger partial charge is 0.115 e. The molecule has 1 heterocycles. The summed E-state index contributed by atoms with van der Waals surface area (Å²) in [7, 11) is 0. The molecule has 1 N–H and O–H groups in total. The SMILES string of the molecule is Cc1ccsc1C(O)c1ccccc1Cl. The van der Waals surface area contributed by atoms with Gasteiger partial charge in [-0.25, -0.2) is 0 Å². The van der Waals surface area contributed by atoms with Crippen molar-refractivity contribution in [2.24, 2.45) is 0 Å². The number of halogens is 1. The molecule has 0 bridgehead atoms. The topological polar surface area (TPSA) is 20.2 Å². The maximum atomic E-state index is 10.2. The van der Waals surface area contributed by atoms with Gasteiger partial charge in [0.2, 0.25) is 0 Å². The van der Waals surface area contributed by atoms with Gasteiger partial charge in [-0.05, 0) is 30.0 Å². The molecule has 0 aliphatic carbocycles. The second-order valence-electron chi connectivity index (χ2n) is 3.39. The molecule has 0 saturated heterocycles. The first-order valence-electron chi connectivity index (χ1n) is 4.66. The Balaban J connectivity index is 2.41. The Morgan fingerprint density at radius 2 is 2.00 bits per heavy atom. The zero-order valence-corrected chi connectivity index (χ0v) is 9.85. The fourth-order valence-electron chi connectivity index (χ4n) is 1.50. The van der Waals surface area contributed by atoms with Crippen LogP contribution in [0.2, 0.25) is 5.02 Å². The molecule has 2 rings (SSSR count). The molecule has 0 aliphatic heterocycles. The summed E-state index contributed by atoms with van der Waals surface area (Å²) < 4.78 is 0. The minimum Gasteiger partial charge on any atom is -0.383 e. The number of benzene rings is 1. The lowest BCUT2D eigenvalue weighted by Crippen LogP contribution is -1.99. The molecule has 3 heteroatoms. The molecule has 1 nitrogen and oxygen atoms in total. The normalized spacial score (nSPS) is 12.7. The summed E-state index contributed by atoms with van der Waals surface area (Å²) in [4.78, 5) is 0.961. The maximum Gasteiger partial charge on any atom is 0.115 e. The van der Waals surface area contributed by atoms with Crippen molar-refractivity contribution in [2.75, 3.05) is 0 Å². The molecule has 0 saturated carbocycles. The van der Waals surface area contributed by atoms with Gasteiger partial charge in [-0.2, -0.15) is 0 Å². The number of aryl methyl sites for hydroxylation is 1. The first-order valence-corrected chi connectivity index (χ1v) is 5.92. The van der Waals surface area contributed by atoms with E-state index in [4.69, 9.17) is 11.6 Å². The van der Waals surface area contributed by atoms with E-state index < -0.39 is 6.10 Å². The standard InChI is InChI=1S/C12H11ClOS/c1-8-6-7-15-12(8)11(14)9-4-2-3-5-10(9)13/h2-7,11,14H,1H3. The average Bonchev–Trinajstić information content (AvgIpc) is 2.64. The van der Waals surface area contributed by atoms with Gasteiger partial charge in [0.15, 0.2) is 0 Å². The average molecular weight is 239 g/mol. The monoisotopic (exact) mass is 238 g/mol. The van der Waals surface area contributed by atoms with Crippen molar-refractivity contribution in [3.8, 4) is 0 Å². The summed E-state index contributed by atoms with van der Waals surface area (Å²) in [6.07, 6.45) is -0.612. The molecule has 2 aromatic rings. The molecule has 1 aromatic carbocycles. The molecule has 1 unspecified atom stereocenters. The molecule has 0 fully saturated rings. The highest BCUT2D eigenvalue weighted by Gasteiger charge is 2.16. The number of rotatable bonds is 2. The summed E-state index contributed by atoms with van der Waals surface area (Å²) in [5, 5.41) is 12.8. The van der Waals surface area contributed by atoms with E-state index in [1.165, 1.54) is 0 Å². The van der Waals surface area contributed by atoms with E-state index >= 15 is 0 Å². The van der Waals surface area contributed by atoms with Crippen LogP contribution >= 0.6 is 22.9 Å². The van der Waals surface area contributed by atoms with Crippen molar-refractivity contribution in [1.29, 1.82) is 0 Å². The molecule has 15 heavy (non-hydrogen) atoms. The van der Waals surface area contributed by atoms with Gasteiger partial charge in [-0.1, -0.05) is 29.8 Å². The second kappa shape index (κ2) is 4.35. The van der Waals surface area contributed by atoms with Crippen LogP contribution in [0.3, 0.4) is 0 Å². The van der Waals surface area contributed by atoms with Crippen LogP contribution in [0.25, 0.3) is 0 Å². The fourth-order valence-corrected chi connectivity index (χ4v) is 2.67. The Hall–Kier alpha value is -0.830. The highest BCUT2D eigenvalue weighted by Crippen LogP contribution is 2.32. The van der Waals surface area contributed by atoms with Crippen LogP contribution in [0, 0.1) is 6.92 Å². The summed E-state index contributed by atoms with van der Waals surface area (Å²) in [5.74, 6) is 0. The van der Waals surface area contributed by atoms with Crippen LogP contribution in [0.1, 0.15) is 22.1 Å². The molecule has 78 valence electrons. The summed E-state index contributed by atoms with van der Waals surface area (Å²) in [5.41, 5.74) is 1.87. The lowest BCUT2D eigenvalue weighted by atomic mass is 10.1. The van der Waals surface area contributed by atoms with Gasteiger partial charge in [0.1, 0.15) is 6.10 Å². The van der Waals surface area contributed by atoms with Gasteiger partial charge in [0.25, 0.3) is 0 Å². The van der Waals surface area contributed by atoms with E-state index in [1.807, 2.05) is 36.6 Å². The zero-order valence-electron chi connectivity index (χ0n) is 8.27. The van der Waals surface area contributed by atoms with E-state index in [2.05, 4.69) is 0 Å². The van der Waals surface area contributed by atoms with Gasteiger partial charge < -0.3 is 5.11 Å². The van der Waals surface area contributed by atoms with E-state index in [-0.39, 0.29) is 0 Å². The summed E-state index contributed by atoms with van der Waals surface area (Å²) in [6, 6.07) is 9.39. The lowest BCUT2D eigenvalue weighted by Gasteiger charge is -2.11. The highest BCUT2D eigenvalue weighted by molar-refractivity contribution is 7.10. The van der Waals surface area contributed by atoms with Crippen molar-refractivity contribution in [1.82, 2.24) is 0 Å². The number of hydrogen-bond donors (Lipinski definition) is 1. The minimum atomic E-state index is -0.612. The predicted octanol–water partition coefficient (Wildman–Crippen LogP) is 3.79. The Morgan fingerprint density at radius 3 is 2.60 bits per heavy atom. The molecule has 0 amide bonds. The largest absolute Gasteiger partial charge is 0.383 e. The fraction of sp³-hybridized carbons (Fsp3) is 0.167. The van der Waals surface area contributed by atoms with Crippen LogP contribution in [-0.2, 0) is 0 Å². The van der Waals surface area contributed by atoms with Gasteiger partial charge in [0, 0.05) is 15.5 Å². The van der Waals surface area contributed by atoms with Crippen LogP contribution in [0.4, 0.5) is 0 Å². The van der Waals surface area contributed by atoms with Crippen LogP contribution in [0.5, 0.6) is 0 Å². The molecule has 1 aromatic heterocycles. The van der Waals surface area contributed by atoms with E-state index in [1.54, 1.807) is 17.4 Å². The van der Waals surface area contributed by atoms with Crippen LogP contribution in [-0.4, -0.2) is 5.11 Å². The van der Waals surface area contributed by atoms with E-state index in [0.717, 1.165) is 16.0 Å². The third kappa shape index (κ3) is 2.07. The number of aliphatic hydroxyl groups excluding tert-OH is 1. The van der Waals surface area contributed by atoms with Gasteiger partial charge in [-0.15, -0.1) is 11.3 Å². The van der Waals surface area contributed by atoms with Crippen LogP contribution < -0.4 is 0 Å². The van der Waals surface area contributed by atoms with Gasteiger partial charge in [0.05, 0.1) is 0 Å². The van der Waals surface area contributed by atoms with E-state index in [0.29, 0.717) is 5.02 Å². The number of hydrogen-bond acceptors (Lipinski definition) is 2. The predicted molar refractivity (Wildman–Crippen MR) is 64.6 cm³/mol. The molecule has 0 spiro atoms. The molecular formula is C12H11ClOS. The molecule has 1 atom stereocenters. The maximum absolute atomic E-state index is 10.2. The Kier molecular flexibility index (Phi) is 3.10. The lowest BCUT2D eigenvalue weighted by molar-refractivity contribution is 0.223. The molecule has 0 aliphatic rings. The Labute approximate surface area is 98.0 Å². The third-order valence-corrected chi connectivity index (χ3v) is 3.77. The summed E-state index contributed by atoms with van der Waals surface area (Å²) in [6.45, 7) is 1.99. The van der Waals surface area contributed by atoms with Gasteiger partial charge in [-0.3, -0.25) is 0 Å². The first-order chi connectivity index (χ1) is 7.20. The molecular weight excluding hydrogens is 228 g/mol. The second-order valence-corrected chi connectivity index (χ2v) is 4.75. The zero-order chi connectivity index (χ0) is 10.8. The van der Waals surface area contributed by atoms with Crippen molar-refractivity contribution in [2.45, 2.75) is 13.0 Å². The van der Waals surface area contributed by atoms with E-state index in [9.17, 15) is 5.11 Å². The van der Waals surface area contributed by atoms with Crippen molar-refractivity contribution >= 4 is 22.9 Å². The summed E-state index contributed by atoms with van der Waals surface area (Å²) >= 11 is 7.59. The molecule has 0 radical (unpaired) electrons. The Morgan fingerprint density at radius 1 is 1.27 bits per heavy atom. The van der Waals surface area contributed by atoms with Crippen molar-refractivity contribution < 1.29 is 5.11 Å².